The highest BCUT2D eigenvalue weighted by atomic mass is 16.5. The second-order valence-electron chi connectivity index (χ2n) is 7.10. The maximum absolute atomic E-state index is 12.5. The lowest BCUT2D eigenvalue weighted by Gasteiger charge is -2.27. The summed E-state index contributed by atoms with van der Waals surface area (Å²) in [5.74, 6) is 1.89. The van der Waals surface area contributed by atoms with Gasteiger partial charge in [0.05, 0.1) is 5.92 Å². The Morgan fingerprint density at radius 2 is 1.96 bits per heavy atom. The Labute approximate surface area is 138 Å². The zero-order chi connectivity index (χ0) is 16.4. The molecule has 1 amide bonds. The third kappa shape index (κ3) is 3.67. The van der Waals surface area contributed by atoms with E-state index in [4.69, 9.17) is 10.5 Å². The fraction of sp³-hybridized carbons (Fsp3) is 0.611. The Bertz CT molecular complexity index is 542. The second-order valence-corrected chi connectivity index (χ2v) is 7.10. The van der Waals surface area contributed by atoms with E-state index in [1.54, 1.807) is 0 Å². The maximum Gasteiger partial charge on any atom is 0.229 e. The summed E-state index contributed by atoms with van der Waals surface area (Å²) in [6.07, 6.45) is 3.46. The number of fused-ring (bicyclic) bond motifs is 2. The highest BCUT2D eigenvalue weighted by Gasteiger charge is 2.49. The molecule has 5 nitrogen and oxygen atoms in total. The molecule has 2 bridgehead atoms. The summed E-state index contributed by atoms with van der Waals surface area (Å²) in [4.78, 5) is 14.6. The number of hydrogen-bond donors (Lipinski definition) is 2. The van der Waals surface area contributed by atoms with Gasteiger partial charge < -0.3 is 20.7 Å². The highest BCUT2D eigenvalue weighted by Crippen LogP contribution is 2.47. The fourth-order valence-corrected chi connectivity index (χ4v) is 3.93. The van der Waals surface area contributed by atoms with Crippen LogP contribution >= 0.6 is 0 Å². The van der Waals surface area contributed by atoms with E-state index in [0.717, 1.165) is 30.8 Å². The Morgan fingerprint density at radius 3 is 2.57 bits per heavy atom. The van der Waals surface area contributed by atoms with Gasteiger partial charge in [0.15, 0.2) is 0 Å². The number of carbonyl (C=O) groups is 1. The predicted octanol–water partition coefficient (Wildman–Crippen LogP) is 1.94. The summed E-state index contributed by atoms with van der Waals surface area (Å²) < 4.78 is 5.66. The summed E-state index contributed by atoms with van der Waals surface area (Å²) in [5.41, 5.74) is 7.05. The van der Waals surface area contributed by atoms with Crippen LogP contribution in [0.25, 0.3) is 0 Å². The van der Waals surface area contributed by atoms with Crippen molar-refractivity contribution in [2.75, 3.05) is 32.6 Å². The van der Waals surface area contributed by atoms with Crippen LogP contribution in [0.15, 0.2) is 24.3 Å². The summed E-state index contributed by atoms with van der Waals surface area (Å²) in [6.45, 7) is 1.53. The van der Waals surface area contributed by atoms with Crippen LogP contribution in [0, 0.1) is 17.8 Å². The molecule has 2 aliphatic rings. The number of carbonyl (C=O) groups excluding carboxylic acids is 1. The average Bonchev–Trinajstić information content (AvgIpc) is 3.09. The van der Waals surface area contributed by atoms with Gasteiger partial charge in [0.25, 0.3) is 0 Å². The zero-order valence-corrected chi connectivity index (χ0v) is 14.0. The van der Waals surface area contributed by atoms with E-state index in [0.29, 0.717) is 18.4 Å². The van der Waals surface area contributed by atoms with E-state index in [2.05, 4.69) is 10.2 Å². The molecule has 5 heteroatoms. The molecule has 0 spiro atoms. The molecule has 0 aliphatic heterocycles. The van der Waals surface area contributed by atoms with Crippen LogP contribution in [0.3, 0.4) is 0 Å². The van der Waals surface area contributed by atoms with E-state index in [9.17, 15) is 4.79 Å². The van der Waals surface area contributed by atoms with Crippen LogP contribution in [-0.4, -0.2) is 44.1 Å². The molecule has 2 saturated carbocycles. The van der Waals surface area contributed by atoms with Gasteiger partial charge in [-0.25, -0.2) is 0 Å². The standard InChI is InChI=1S/C18H27N3O2/c1-21(2)9-10-23-15-7-5-14(6-8-15)20-18(22)16-12-3-4-13(11-12)17(16)19/h5-8,12-13,16-17H,3-4,9-11,19H2,1-2H3,(H,20,22). The zero-order valence-electron chi connectivity index (χ0n) is 14.0. The highest BCUT2D eigenvalue weighted by molar-refractivity contribution is 5.93. The summed E-state index contributed by atoms with van der Waals surface area (Å²) >= 11 is 0. The summed E-state index contributed by atoms with van der Waals surface area (Å²) in [5, 5.41) is 3.02. The normalized spacial score (nSPS) is 29.0. The smallest absolute Gasteiger partial charge is 0.229 e. The van der Waals surface area contributed by atoms with Crippen molar-refractivity contribution >= 4 is 11.6 Å². The molecule has 126 valence electrons. The Morgan fingerprint density at radius 1 is 1.26 bits per heavy atom. The Hall–Kier alpha value is -1.59. The number of likely N-dealkylation sites (N-methyl/N-ethyl adjacent to an activating group) is 1. The molecule has 1 aromatic rings. The van der Waals surface area contributed by atoms with Crippen LogP contribution in [0.1, 0.15) is 19.3 Å². The molecule has 4 unspecified atom stereocenters. The topological polar surface area (TPSA) is 67.6 Å². The fourth-order valence-electron chi connectivity index (χ4n) is 3.93. The summed E-state index contributed by atoms with van der Waals surface area (Å²) in [7, 11) is 4.03. The van der Waals surface area contributed by atoms with Crippen LogP contribution in [0.4, 0.5) is 5.69 Å². The third-order valence-electron chi connectivity index (χ3n) is 5.21. The minimum absolute atomic E-state index is 0.0234. The van der Waals surface area contributed by atoms with Crippen molar-refractivity contribution < 1.29 is 9.53 Å². The van der Waals surface area contributed by atoms with Gasteiger partial charge in [-0.1, -0.05) is 0 Å². The molecule has 4 atom stereocenters. The average molecular weight is 317 g/mol. The van der Waals surface area contributed by atoms with E-state index in [1.807, 2.05) is 38.4 Å². The van der Waals surface area contributed by atoms with Gasteiger partial charge in [-0.05, 0) is 69.5 Å². The first-order valence-corrected chi connectivity index (χ1v) is 8.48. The Balaban J connectivity index is 1.53. The molecular weight excluding hydrogens is 290 g/mol. The van der Waals surface area contributed by atoms with Gasteiger partial charge >= 0.3 is 0 Å². The minimum Gasteiger partial charge on any atom is -0.492 e. The number of ether oxygens (including phenoxy) is 1. The van der Waals surface area contributed by atoms with Gasteiger partial charge in [0.2, 0.25) is 5.91 Å². The predicted molar refractivity (Wildman–Crippen MR) is 91.4 cm³/mol. The lowest BCUT2D eigenvalue weighted by atomic mass is 9.84. The number of nitrogens with one attached hydrogen (secondary N) is 1. The van der Waals surface area contributed by atoms with Crippen LogP contribution in [0.2, 0.25) is 0 Å². The lowest BCUT2D eigenvalue weighted by Crippen LogP contribution is -2.42. The molecule has 0 heterocycles. The molecule has 1 aromatic carbocycles. The number of nitrogens with two attached hydrogens (primary N) is 1. The number of anilines is 1. The van der Waals surface area contributed by atoms with E-state index >= 15 is 0 Å². The lowest BCUT2D eigenvalue weighted by molar-refractivity contribution is -0.121. The van der Waals surface area contributed by atoms with Crippen molar-refractivity contribution in [3.63, 3.8) is 0 Å². The summed E-state index contributed by atoms with van der Waals surface area (Å²) in [6, 6.07) is 7.60. The molecule has 2 aliphatic carbocycles. The SMILES string of the molecule is CN(C)CCOc1ccc(NC(=O)C2C3CCC(C3)C2N)cc1. The minimum atomic E-state index is -0.0234. The van der Waals surface area contributed by atoms with Crippen LogP contribution in [-0.2, 0) is 4.79 Å². The quantitative estimate of drug-likeness (QED) is 0.841. The van der Waals surface area contributed by atoms with Crippen molar-refractivity contribution in [2.45, 2.75) is 25.3 Å². The van der Waals surface area contributed by atoms with Crippen molar-refractivity contribution in [3.8, 4) is 5.75 Å². The number of rotatable bonds is 6. The number of hydrogen-bond acceptors (Lipinski definition) is 4. The van der Waals surface area contributed by atoms with Gasteiger partial charge in [-0.15, -0.1) is 0 Å². The van der Waals surface area contributed by atoms with Crippen molar-refractivity contribution in [2.24, 2.45) is 23.5 Å². The first-order chi connectivity index (χ1) is 11.0. The van der Waals surface area contributed by atoms with Crippen molar-refractivity contribution in [1.29, 1.82) is 0 Å². The van der Waals surface area contributed by atoms with Gasteiger partial charge in [0, 0.05) is 18.3 Å². The van der Waals surface area contributed by atoms with E-state index in [1.165, 1.54) is 6.42 Å². The number of nitrogens with zero attached hydrogens (tertiary/aromatic N) is 1. The molecule has 0 aromatic heterocycles. The molecule has 2 fully saturated rings. The molecule has 3 N–H and O–H groups in total. The number of amides is 1. The van der Waals surface area contributed by atoms with E-state index < -0.39 is 0 Å². The second kappa shape index (κ2) is 6.89. The molecular formula is C18H27N3O2. The van der Waals surface area contributed by atoms with Gasteiger partial charge in [-0.3, -0.25) is 4.79 Å². The molecule has 0 radical (unpaired) electrons. The number of benzene rings is 1. The molecule has 23 heavy (non-hydrogen) atoms. The van der Waals surface area contributed by atoms with Crippen LogP contribution < -0.4 is 15.8 Å². The monoisotopic (exact) mass is 317 g/mol. The molecule has 0 saturated heterocycles. The first kappa shape index (κ1) is 16.3. The molecule has 3 rings (SSSR count). The first-order valence-electron chi connectivity index (χ1n) is 8.48. The Kier molecular flexibility index (Phi) is 4.87. The third-order valence-corrected chi connectivity index (χ3v) is 5.21. The van der Waals surface area contributed by atoms with Crippen molar-refractivity contribution in [1.82, 2.24) is 4.90 Å². The van der Waals surface area contributed by atoms with Crippen LogP contribution in [0.5, 0.6) is 5.75 Å². The van der Waals surface area contributed by atoms with Gasteiger partial charge in [0.1, 0.15) is 12.4 Å². The van der Waals surface area contributed by atoms with E-state index in [-0.39, 0.29) is 17.9 Å². The van der Waals surface area contributed by atoms with Crippen molar-refractivity contribution in [3.05, 3.63) is 24.3 Å². The maximum atomic E-state index is 12.5. The largest absolute Gasteiger partial charge is 0.492 e. The van der Waals surface area contributed by atoms with Gasteiger partial charge in [-0.2, -0.15) is 0 Å².